The molecule has 2 atom stereocenters. The van der Waals surface area contributed by atoms with E-state index in [2.05, 4.69) is 6.92 Å². The van der Waals surface area contributed by atoms with E-state index in [0.717, 1.165) is 24.8 Å². The van der Waals surface area contributed by atoms with Gasteiger partial charge in [-0.15, -0.1) is 0 Å². The molecule has 1 aromatic carbocycles. The summed E-state index contributed by atoms with van der Waals surface area (Å²) < 4.78 is 11.2. The number of hydrogen-bond donors (Lipinski definition) is 1. The maximum absolute atomic E-state index is 11.2. The van der Waals surface area contributed by atoms with Crippen molar-refractivity contribution in [2.24, 2.45) is 0 Å². The summed E-state index contributed by atoms with van der Waals surface area (Å²) in [4.78, 5) is 9.24. The van der Waals surface area contributed by atoms with Crippen molar-refractivity contribution in [3.05, 3.63) is 35.9 Å². The molecule has 2 nitrogen and oxygen atoms in total. The average Bonchev–Trinajstić information content (AvgIpc) is 2.19. The van der Waals surface area contributed by atoms with Gasteiger partial charge in [0, 0.05) is 0 Å². The Morgan fingerprint density at radius 3 is 2.40 bits per heavy atom. The van der Waals surface area contributed by atoms with E-state index in [-0.39, 0.29) is 23.0 Å². The maximum atomic E-state index is 11.2. The highest BCUT2D eigenvalue weighted by molar-refractivity contribution is 7.38. The van der Waals surface area contributed by atoms with Crippen molar-refractivity contribution in [1.82, 2.24) is 0 Å². The van der Waals surface area contributed by atoms with E-state index in [0.29, 0.717) is 0 Å². The van der Waals surface area contributed by atoms with Crippen LogP contribution in [0.2, 0.25) is 0 Å². The summed E-state index contributed by atoms with van der Waals surface area (Å²) in [6, 6.07) is 9.62. The van der Waals surface area contributed by atoms with Crippen LogP contribution in [-0.4, -0.2) is 22.3 Å². The standard InChI is InChI=1S/C11H17O2P.Al.3H/c1-2-3-9-11(14(12)13)10-7-5-4-6-8-10;;;;/h4-8,11,14H,2-3,9H2,1H3,(H,12,13);;;;. The second-order valence-corrected chi connectivity index (χ2v) is 4.82. The fraction of sp³-hybridized carbons (Fsp3) is 0.455. The molecule has 0 bridgehead atoms. The van der Waals surface area contributed by atoms with Crippen molar-refractivity contribution < 1.29 is 9.46 Å². The molecule has 0 radical (unpaired) electrons. The number of benzene rings is 1. The molecule has 4 heteroatoms. The van der Waals surface area contributed by atoms with E-state index in [9.17, 15) is 9.46 Å². The lowest BCUT2D eigenvalue weighted by Gasteiger charge is -2.13. The third kappa shape index (κ3) is 5.00. The molecule has 0 amide bonds. The Balaban J connectivity index is 0.00000196. The Kier molecular flexibility index (Phi) is 8.10. The predicted octanol–water partition coefficient (Wildman–Crippen LogP) is 2.20. The molecular weight excluding hydrogens is 222 g/mol. The van der Waals surface area contributed by atoms with Gasteiger partial charge in [0.1, 0.15) is 0 Å². The third-order valence-corrected chi connectivity index (χ3v) is 3.56. The van der Waals surface area contributed by atoms with Crippen LogP contribution in [0.1, 0.15) is 37.4 Å². The van der Waals surface area contributed by atoms with Gasteiger partial charge in [0.05, 0.1) is 5.66 Å². The smallest absolute Gasteiger partial charge is 0.196 e. The van der Waals surface area contributed by atoms with Gasteiger partial charge >= 0.3 is 0 Å². The fourth-order valence-electron chi connectivity index (χ4n) is 1.53. The molecule has 0 saturated carbocycles. The monoisotopic (exact) mass is 242 g/mol. The molecule has 0 aliphatic heterocycles. The summed E-state index contributed by atoms with van der Waals surface area (Å²) >= 11 is 0. The highest BCUT2D eigenvalue weighted by atomic mass is 31.1. The molecule has 84 valence electrons. The zero-order valence-corrected chi connectivity index (χ0v) is 9.44. The minimum absolute atomic E-state index is 0. The molecule has 0 saturated heterocycles. The molecule has 15 heavy (non-hydrogen) atoms. The van der Waals surface area contributed by atoms with Crippen LogP contribution in [0.5, 0.6) is 0 Å². The molecule has 0 aliphatic rings. The lowest BCUT2D eigenvalue weighted by atomic mass is 10.1. The Morgan fingerprint density at radius 1 is 1.33 bits per heavy atom. The molecule has 0 fully saturated rings. The van der Waals surface area contributed by atoms with Gasteiger partial charge in [0.2, 0.25) is 0 Å². The van der Waals surface area contributed by atoms with Gasteiger partial charge in [-0.05, 0) is 12.0 Å². The maximum Gasteiger partial charge on any atom is 0.196 e. The van der Waals surface area contributed by atoms with Gasteiger partial charge < -0.3 is 4.89 Å². The average molecular weight is 242 g/mol. The van der Waals surface area contributed by atoms with Crippen LogP contribution in [0.15, 0.2) is 30.3 Å². The van der Waals surface area contributed by atoms with E-state index in [1.165, 1.54) is 0 Å². The van der Waals surface area contributed by atoms with Crippen molar-refractivity contribution in [3.63, 3.8) is 0 Å². The van der Waals surface area contributed by atoms with Crippen LogP contribution < -0.4 is 0 Å². The zero-order valence-electron chi connectivity index (χ0n) is 8.44. The summed E-state index contributed by atoms with van der Waals surface area (Å²) in [6.07, 6.45) is 2.89. The summed E-state index contributed by atoms with van der Waals surface area (Å²) in [5.41, 5.74) is 0.841. The molecular formula is C11H20AlO2P. The molecule has 2 unspecified atom stereocenters. The number of rotatable bonds is 5. The fourth-order valence-corrected chi connectivity index (χ4v) is 2.45. The lowest BCUT2D eigenvalue weighted by Crippen LogP contribution is -1.93. The van der Waals surface area contributed by atoms with Crippen LogP contribution in [0.25, 0.3) is 0 Å². The van der Waals surface area contributed by atoms with E-state index in [1.807, 2.05) is 30.3 Å². The Bertz CT molecular complexity index is 290. The van der Waals surface area contributed by atoms with Crippen molar-refractivity contribution >= 4 is 25.4 Å². The molecule has 1 rings (SSSR count). The SMILES string of the molecule is CCCCC(c1ccccc1)[PH](=O)O.[AlH3]. The predicted molar refractivity (Wildman–Crippen MR) is 69.9 cm³/mol. The molecule has 1 N–H and O–H groups in total. The largest absolute Gasteiger partial charge is 0.346 e. The summed E-state index contributed by atoms with van der Waals surface area (Å²) in [6.45, 7) is 2.09. The van der Waals surface area contributed by atoms with Gasteiger partial charge in [-0.2, -0.15) is 0 Å². The summed E-state index contributed by atoms with van der Waals surface area (Å²) in [5.74, 6) is 0. The molecule has 0 aromatic heterocycles. The van der Waals surface area contributed by atoms with Crippen LogP contribution in [0.3, 0.4) is 0 Å². The second-order valence-electron chi connectivity index (χ2n) is 3.44. The van der Waals surface area contributed by atoms with Crippen LogP contribution >= 0.6 is 8.03 Å². The van der Waals surface area contributed by atoms with Crippen molar-refractivity contribution in [2.75, 3.05) is 0 Å². The van der Waals surface area contributed by atoms with Gasteiger partial charge in [0.15, 0.2) is 25.4 Å². The number of unbranched alkanes of at least 4 members (excludes halogenated alkanes) is 1. The first kappa shape index (κ1) is 14.9. The third-order valence-electron chi connectivity index (χ3n) is 2.35. The Labute approximate surface area is 103 Å². The molecule has 0 aliphatic carbocycles. The minimum Gasteiger partial charge on any atom is -0.346 e. The molecule has 1 aromatic rings. The van der Waals surface area contributed by atoms with E-state index >= 15 is 0 Å². The first-order valence-electron chi connectivity index (χ1n) is 5.03. The number of hydrogen-bond acceptors (Lipinski definition) is 1. The zero-order chi connectivity index (χ0) is 10.4. The topological polar surface area (TPSA) is 37.3 Å². The molecule has 0 spiro atoms. The van der Waals surface area contributed by atoms with Crippen LogP contribution in [0, 0.1) is 0 Å². The molecule has 0 heterocycles. The van der Waals surface area contributed by atoms with Crippen molar-refractivity contribution in [2.45, 2.75) is 31.8 Å². The Morgan fingerprint density at radius 2 is 1.93 bits per heavy atom. The Hall–Kier alpha value is -0.0575. The second kappa shape index (κ2) is 8.14. The van der Waals surface area contributed by atoms with Crippen molar-refractivity contribution in [3.8, 4) is 0 Å². The first-order chi connectivity index (χ1) is 6.75. The van der Waals surface area contributed by atoms with E-state index in [1.54, 1.807) is 0 Å². The van der Waals surface area contributed by atoms with E-state index in [4.69, 9.17) is 0 Å². The first-order valence-corrected chi connectivity index (χ1v) is 6.46. The highest BCUT2D eigenvalue weighted by Crippen LogP contribution is 2.41. The summed E-state index contributed by atoms with van der Waals surface area (Å²) in [5, 5.41) is 0. The lowest BCUT2D eigenvalue weighted by molar-refractivity contribution is 0.483. The van der Waals surface area contributed by atoms with Gasteiger partial charge in [-0.25, -0.2) is 0 Å². The summed E-state index contributed by atoms with van der Waals surface area (Å²) in [7, 11) is -2.45. The quantitative estimate of drug-likeness (QED) is 0.635. The van der Waals surface area contributed by atoms with Gasteiger partial charge in [-0.3, -0.25) is 4.57 Å². The van der Waals surface area contributed by atoms with Crippen molar-refractivity contribution in [1.29, 1.82) is 0 Å². The van der Waals surface area contributed by atoms with Crippen LogP contribution in [-0.2, 0) is 4.57 Å². The minimum atomic E-state index is -2.45. The normalized spacial score (nSPS) is 14.0. The van der Waals surface area contributed by atoms with Gasteiger partial charge in [0.25, 0.3) is 0 Å². The highest BCUT2D eigenvalue weighted by Gasteiger charge is 2.15. The van der Waals surface area contributed by atoms with Crippen LogP contribution in [0.4, 0.5) is 0 Å². The van der Waals surface area contributed by atoms with E-state index < -0.39 is 8.03 Å². The van der Waals surface area contributed by atoms with Gasteiger partial charge in [-0.1, -0.05) is 50.1 Å².